The van der Waals surface area contributed by atoms with Crippen molar-refractivity contribution in [2.75, 3.05) is 32.8 Å². The van der Waals surface area contributed by atoms with E-state index in [0.29, 0.717) is 11.4 Å². The molecule has 0 spiro atoms. The van der Waals surface area contributed by atoms with Crippen LogP contribution in [-0.2, 0) is 17.8 Å². The summed E-state index contributed by atoms with van der Waals surface area (Å²) < 4.78 is 19.7. The summed E-state index contributed by atoms with van der Waals surface area (Å²) in [6.45, 7) is 8.40. The van der Waals surface area contributed by atoms with Crippen molar-refractivity contribution in [3.8, 4) is 0 Å². The summed E-state index contributed by atoms with van der Waals surface area (Å²) in [4.78, 5) is 9.41. The average Bonchev–Trinajstić information content (AvgIpc) is 2.76. The van der Waals surface area contributed by atoms with Gasteiger partial charge in [-0.2, -0.15) is 0 Å². The number of nitrogens with zero attached hydrogens (tertiary/aromatic N) is 3. The second-order valence-corrected chi connectivity index (χ2v) is 7.76. The third kappa shape index (κ3) is 4.99. The lowest BCUT2D eigenvalue weighted by Gasteiger charge is -2.35. The molecule has 4 rings (SSSR count). The second-order valence-electron chi connectivity index (χ2n) is 7.76. The van der Waals surface area contributed by atoms with Gasteiger partial charge in [-0.15, -0.1) is 0 Å². The molecule has 0 aliphatic carbocycles. The first-order valence-electron chi connectivity index (χ1n) is 10.3. The molecule has 1 atom stereocenters. The van der Waals surface area contributed by atoms with Crippen LogP contribution in [0.15, 0.2) is 60.8 Å². The summed E-state index contributed by atoms with van der Waals surface area (Å²) in [6.07, 6.45) is 1.74. The maximum atomic E-state index is 14.2. The van der Waals surface area contributed by atoms with Gasteiger partial charge in [-0.3, -0.25) is 14.8 Å². The van der Waals surface area contributed by atoms with Gasteiger partial charge in [-0.25, -0.2) is 4.39 Å². The quantitative estimate of drug-likeness (QED) is 0.604. The molecule has 0 bridgehead atoms. The number of ether oxygens (including phenoxy) is 1. The van der Waals surface area contributed by atoms with Crippen LogP contribution >= 0.6 is 0 Å². The maximum absolute atomic E-state index is 14.2. The predicted molar refractivity (Wildman–Crippen MR) is 114 cm³/mol. The van der Waals surface area contributed by atoms with Gasteiger partial charge in [-0.05, 0) is 36.2 Å². The van der Waals surface area contributed by atoms with Gasteiger partial charge in [0.2, 0.25) is 0 Å². The molecule has 1 aliphatic heterocycles. The number of aromatic nitrogens is 1. The Kier molecular flexibility index (Phi) is 6.49. The number of hydrogen-bond donors (Lipinski definition) is 0. The molecular weight excluding hydrogens is 365 g/mol. The third-order valence-electron chi connectivity index (χ3n) is 5.65. The number of pyridine rings is 1. The summed E-state index contributed by atoms with van der Waals surface area (Å²) in [7, 11) is 0. The van der Waals surface area contributed by atoms with E-state index in [9.17, 15) is 4.39 Å². The Labute approximate surface area is 171 Å². The Hall–Kier alpha value is -2.34. The minimum Gasteiger partial charge on any atom is -0.379 e. The van der Waals surface area contributed by atoms with Gasteiger partial charge in [0.1, 0.15) is 5.82 Å². The summed E-state index contributed by atoms with van der Waals surface area (Å²) >= 11 is 0. The molecule has 0 N–H and O–H groups in total. The van der Waals surface area contributed by atoms with E-state index in [2.05, 4.69) is 46.0 Å². The predicted octanol–water partition coefficient (Wildman–Crippen LogP) is 4.10. The molecular formula is C24H28FN3O. The van der Waals surface area contributed by atoms with Crippen molar-refractivity contribution in [3.05, 3.63) is 77.7 Å². The number of hydrogen-bond acceptors (Lipinski definition) is 4. The highest BCUT2D eigenvalue weighted by molar-refractivity contribution is 5.82. The fraction of sp³-hybridized carbons (Fsp3) is 0.375. The monoisotopic (exact) mass is 393 g/mol. The summed E-state index contributed by atoms with van der Waals surface area (Å²) in [5.41, 5.74) is 3.09. The first-order valence-corrected chi connectivity index (χ1v) is 10.3. The normalized spacial score (nSPS) is 16.4. The van der Waals surface area contributed by atoms with E-state index < -0.39 is 0 Å². The van der Waals surface area contributed by atoms with E-state index in [4.69, 9.17) is 4.74 Å². The van der Waals surface area contributed by atoms with Crippen LogP contribution in [0, 0.1) is 5.82 Å². The maximum Gasteiger partial charge on any atom is 0.132 e. The van der Waals surface area contributed by atoms with Crippen molar-refractivity contribution >= 4 is 10.9 Å². The average molecular weight is 394 g/mol. The highest BCUT2D eigenvalue weighted by atomic mass is 19.1. The van der Waals surface area contributed by atoms with Gasteiger partial charge in [0.25, 0.3) is 0 Å². The Bertz CT molecular complexity index is 928. The lowest BCUT2D eigenvalue weighted by Crippen LogP contribution is -2.45. The van der Waals surface area contributed by atoms with Gasteiger partial charge >= 0.3 is 0 Å². The highest BCUT2D eigenvalue weighted by Crippen LogP contribution is 2.23. The number of benzene rings is 2. The van der Waals surface area contributed by atoms with Crippen LogP contribution < -0.4 is 0 Å². The van der Waals surface area contributed by atoms with Crippen LogP contribution in [0.1, 0.15) is 18.1 Å². The first-order chi connectivity index (χ1) is 14.2. The lowest BCUT2D eigenvalue weighted by molar-refractivity contribution is 0.0226. The van der Waals surface area contributed by atoms with Crippen LogP contribution in [0.25, 0.3) is 10.9 Å². The molecule has 4 nitrogen and oxygen atoms in total. The zero-order valence-electron chi connectivity index (χ0n) is 16.9. The number of fused-ring (bicyclic) bond motifs is 1. The van der Waals surface area contributed by atoms with Crippen molar-refractivity contribution in [1.82, 2.24) is 14.8 Å². The number of rotatable bonds is 7. The molecule has 0 amide bonds. The molecule has 1 aliphatic rings. The van der Waals surface area contributed by atoms with Gasteiger partial charge in [-0.1, -0.05) is 36.4 Å². The number of halogens is 1. The van der Waals surface area contributed by atoms with E-state index in [1.807, 2.05) is 12.1 Å². The fourth-order valence-electron chi connectivity index (χ4n) is 4.00. The Morgan fingerprint density at radius 1 is 1.03 bits per heavy atom. The standard InChI is InChI=1S/C24H28FN3O/c1-19(16-27-12-14-29-15-13-27)28(17-20-6-3-2-4-7-20)18-21-9-10-23(25)22-8-5-11-26-24(21)22/h2-11,19H,12-18H2,1H3. The second kappa shape index (κ2) is 9.44. The first kappa shape index (κ1) is 20.0. The molecule has 29 heavy (non-hydrogen) atoms. The molecule has 2 aromatic carbocycles. The lowest BCUT2D eigenvalue weighted by atomic mass is 10.1. The molecule has 1 aromatic heterocycles. The van der Waals surface area contributed by atoms with E-state index in [1.54, 1.807) is 24.4 Å². The van der Waals surface area contributed by atoms with Gasteiger partial charge in [0.05, 0.1) is 18.7 Å². The van der Waals surface area contributed by atoms with Crippen molar-refractivity contribution in [2.24, 2.45) is 0 Å². The van der Waals surface area contributed by atoms with Gasteiger partial charge in [0.15, 0.2) is 0 Å². The van der Waals surface area contributed by atoms with E-state index in [-0.39, 0.29) is 5.82 Å². The van der Waals surface area contributed by atoms with E-state index >= 15 is 0 Å². The van der Waals surface area contributed by atoms with Crippen LogP contribution in [0.3, 0.4) is 0 Å². The SMILES string of the molecule is CC(CN1CCOCC1)N(Cc1ccccc1)Cc1ccc(F)c2cccnc12. The number of morpholine rings is 1. The fourth-order valence-corrected chi connectivity index (χ4v) is 4.00. The third-order valence-corrected chi connectivity index (χ3v) is 5.65. The van der Waals surface area contributed by atoms with Crippen LogP contribution in [0.5, 0.6) is 0 Å². The molecule has 5 heteroatoms. The minimum atomic E-state index is -0.215. The largest absolute Gasteiger partial charge is 0.379 e. The van der Waals surface area contributed by atoms with Crippen LogP contribution in [0.4, 0.5) is 4.39 Å². The zero-order valence-corrected chi connectivity index (χ0v) is 16.9. The molecule has 1 saturated heterocycles. The molecule has 0 radical (unpaired) electrons. The Morgan fingerprint density at radius 3 is 2.62 bits per heavy atom. The summed E-state index contributed by atoms with van der Waals surface area (Å²) in [6, 6.07) is 17.9. The van der Waals surface area contributed by atoms with Crippen molar-refractivity contribution in [3.63, 3.8) is 0 Å². The topological polar surface area (TPSA) is 28.6 Å². The molecule has 152 valence electrons. The minimum absolute atomic E-state index is 0.215. The van der Waals surface area contributed by atoms with Crippen molar-refractivity contribution < 1.29 is 9.13 Å². The molecule has 1 unspecified atom stereocenters. The van der Waals surface area contributed by atoms with Gasteiger partial charge < -0.3 is 4.74 Å². The van der Waals surface area contributed by atoms with E-state index in [0.717, 1.165) is 57.0 Å². The van der Waals surface area contributed by atoms with Gasteiger partial charge in [0, 0.05) is 50.3 Å². The van der Waals surface area contributed by atoms with Crippen LogP contribution in [0.2, 0.25) is 0 Å². The molecule has 0 saturated carbocycles. The molecule has 3 aromatic rings. The smallest absolute Gasteiger partial charge is 0.132 e. The summed E-state index contributed by atoms with van der Waals surface area (Å²) in [5.74, 6) is -0.215. The zero-order chi connectivity index (χ0) is 20.1. The molecule has 2 heterocycles. The van der Waals surface area contributed by atoms with Crippen molar-refractivity contribution in [2.45, 2.75) is 26.1 Å². The summed E-state index contributed by atoms with van der Waals surface area (Å²) in [5, 5.41) is 0.588. The Morgan fingerprint density at radius 2 is 1.83 bits per heavy atom. The van der Waals surface area contributed by atoms with Crippen LogP contribution in [-0.4, -0.2) is 53.7 Å². The Balaban J connectivity index is 1.59. The van der Waals surface area contributed by atoms with E-state index in [1.165, 1.54) is 5.56 Å². The molecule has 1 fully saturated rings. The van der Waals surface area contributed by atoms with Crippen molar-refractivity contribution in [1.29, 1.82) is 0 Å². The highest BCUT2D eigenvalue weighted by Gasteiger charge is 2.21.